The Morgan fingerprint density at radius 1 is 1.26 bits per heavy atom. The second-order valence-corrected chi connectivity index (χ2v) is 7.25. The average Bonchev–Trinajstić information content (AvgIpc) is 2.53. The van der Waals surface area contributed by atoms with Gasteiger partial charge in [-0.3, -0.25) is 14.5 Å². The molecule has 1 unspecified atom stereocenters. The molecule has 1 N–H and O–H groups in total. The van der Waals surface area contributed by atoms with Crippen LogP contribution in [-0.2, 0) is 14.3 Å². The van der Waals surface area contributed by atoms with Gasteiger partial charge in [-0.25, -0.2) is 9.78 Å². The molecule has 1 aromatic rings. The number of ether oxygens (including phenoxy) is 1. The smallest absolute Gasteiger partial charge is 0.408 e. The SMILES string of the molecule is CCCC(NC(=O)OC(C)(C)C)C(=O)N(C(C)=CC(C)=O)c1ccccn1. The number of carbonyl (C=O) groups is 3. The van der Waals surface area contributed by atoms with Gasteiger partial charge in [0.25, 0.3) is 5.91 Å². The molecule has 0 saturated heterocycles. The summed E-state index contributed by atoms with van der Waals surface area (Å²) in [6.45, 7) is 10.2. The molecule has 0 bridgehead atoms. The van der Waals surface area contributed by atoms with Gasteiger partial charge in [-0.05, 0) is 53.2 Å². The van der Waals surface area contributed by atoms with Crippen LogP contribution >= 0.6 is 0 Å². The first kappa shape index (κ1) is 22.3. The minimum Gasteiger partial charge on any atom is -0.444 e. The number of amides is 2. The molecule has 2 amide bonds. The lowest BCUT2D eigenvalue weighted by molar-refractivity contribution is -0.120. The normalized spacial score (nSPS) is 12.9. The summed E-state index contributed by atoms with van der Waals surface area (Å²) in [7, 11) is 0. The number of aromatic nitrogens is 1. The first-order valence-corrected chi connectivity index (χ1v) is 8.98. The van der Waals surface area contributed by atoms with Crippen LogP contribution in [0.5, 0.6) is 0 Å². The third-order valence-corrected chi connectivity index (χ3v) is 3.43. The van der Waals surface area contributed by atoms with Crippen molar-refractivity contribution in [2.24, 2.45) is 0 Å². The predicted octanol–water partition coefficient (Wildman–Crippen LogP) is 3.60. The minimum atomic E-state index is -0.804. The van der Waals surface area contributed by atoms with Gasteiger partial charge in [0.2, 0.25) is 0 Å². The first-order chi connectivity index (χ1) is 12.5. The van der Waals surface area contributed by atoms with E-state index in [-0.39, 0.29) is 11.7 Å². The third kappa shape index (κ3) is 7.60. The van der Waals surface area contributed by atoms with E-state index in [1.807, 2.05) is 6.92 Å². The summed E-state index contributed by atoms with van der Waals surface area (Å²) in [6, 6.07) is 4.35. The Hall–Kier alpha value is -2.70. The van der Waals surface area contributed by atoms with Gasteiger partial charge in [0.1, 0.15) is 17.5 Å². The quantitative estimate of drug-likeness (QED) is 0.736. The lowest BCUT2D eigenvalue weighted by Crippen LogP contribution is -2.49. The Bertz CT molecular complexity index is 693. The highest BCUT2D eigenvalue weighted by molar-refractivity contribution is 6.02. The standard InChI is InChI=1S/C20H29N3O4/c1-7-10-16(22-19(26)27-20(4,5)6)18(25)23(14(2)13-15(3)24)17-11-8-9-12-21-17/h8-9,11-13,16H,7,10H2,1-6H3,(H,22,26). The van der Waals surface area contributed by atoms with E-state index in [9.17, 15) is 14.4 Å². The van der Waals surface area contributed by atoms with Gasteiger partial charge in [0, 0.05) is 18.0 Å². The molecule has 148 valence electrons. The van der Waals surface area contributed by atoms with Crippen LogP contribution in [0, 0.1) is 0 Å². The third-order valence-electron chi connectivity index (χ3n) is 3.43. The van der Waals surface area contributed by atoms with Gasteiger partial charge >= 0.3 is 6.09 Å². The summed E-state index contributed by atoms with van der Waals surface area (Å²) in [6.07, 6.45) is 3.37. The Morgan fingerprint density at radius 2 is 1.93 bits per heavy atom. The van der Waals surface area contributed by atoms with Crippen LogP contribution in [0.2, 0.25) is 0 Å². The van der Waals surface area contributed by atoms with E-state index in [4.69, 9.17) is 4.74 Å². The molecule has 0 aromatic carbocycles. The maximum absolute atomic E-state index is 13.2. The topological polar surface area (TPSA) is 88.6 Å². The second kappa shape index (κ2) is 9.85. The van der Waals surface area contributed by atoms with E-state index < -0.39 is 17.7 Å². The number of hydrogen-bond acceptors (Lipinski definition) is 5. The highest BCUT2D eigenvalue weighted by atomic mass is 16.6. The predicted molar refractivity (Wildman–Crippen MR) is 104 cm³/mol. The number of alkyl carbamates (subject to hydrolysis) is 1. The molecule has 0 aliphatic carbocycles. The lowest BCUT2D eigenvalue weighted by Gasteiger charge is -2.28. The van der Waals surface area contributed by atoms with Crippen molar-refractivity contribution >= 4 is 23.6 Å². The summed E-state index contributed by atoms with van der Waals surface area (Å²) in [5.74, 6) is -0.186. The van der Waals surface area contributed by atoms with Crippen LogP contribution in [0.25, 0.3) is 0 Å². The molecule has 1 aromatic heterocycles. The van der Waals surface area contributed by atoms with E-state index in [2.05, 4.69) is 10.3 Å². The van der Waals surface area contributed by atoms with Crippen LogP contribution in [0.1, 0.15) is 54.4 Å². The molecule has 0 aliphatic rings. The molecule has 0 fully saturated rings. The van der Waals surface area contributed by atoms with Crippen molar-refractivity contribution in [2.75, 3.05) is 4.90 Å². The van der Waals surface area contributed by atoms with Gasteiger partial charge in [-0.2, -0.15) is 0 Å². The molecule has 27 heavy (non-hydrogen) atoms. The Labute approximate surface area is 160 Å². The van der Waals surface area contributed by atoms with E-state index >= 15 is 0 Å². The molecule has 7 heteroatoms. The summed E-state index contributed by atoms with van der Waals surface area (Å²) in [5.41, 5.74) is -0.243. The number of allylic oxidation sites excluding steroid dienone is 2. The van der Waals surface area contributed by atoms with E-state index in [0.29, 0.717) is 24.4 Å². The number of nitrogens with zero attached hydrogens (tertiary/aromatic N) is 2. The number of rotatable bonds is 7. The Morgan fingerprint density at radius 3 is 2.41 bits per heavy atom. The highest BCUT2D eigenvalue weighted by Crippen LogP contribution is 2.19. The molecule has 1 heterocycles. The zero-order valence-electron chi connectivity index (χ0n) is 16.9. The molecule has 0 saturated carbocycles. The molecule has 0 spiro atoms. The average molecular weight is 375 g/mol. The van der Waals surface area contributed by atoms with Gasteiger partial charge in [-0.15, -0.1) is 0 Å². The van der Waals surface area contributed by atoms with Crippen LogP contribution in [0.4, 0.5) is 10.6 Å². The monoisotopic (exact) mass is 375 g/mol. The van der Waals surface area contributed by atoms with Crippen molar-refractivity contribution in [1.29, 1.82) is 0 Å². The van der Waals surface area contributed by atoms with Crippen molar-refractivity contribution in [3.8, 4) is 0 Å². The van der Waals surface area contributed by atoms with Crippen LogP contribution < -0.4 is 10.2 Å². The molecule has 1 rings (SSSR count). The van der Waals surface area contributed by atoms with Crippen molar-refractivity contribution in [3.63, 3.8) is 0 Å². The maximum atomic E-state index is 13.2. The number of anilines is 1. The molecule has 1 atom stereocenters. The Kier molecular flexibility index (Phi) is 8.15. The number of pyridine rings is 1. The van der Waals surface area contributed by atoms with E-state index in [1.165, 1.54) is 17.9 Å². The van der Waals surface area contributed by atoms with Gasteiger partial charge in [0.05, 0.1) is 0 Å². The van der Waals surface area contributed by atoms with Crippen LogP contribution in [0.15, 0.2) is 36.2 Å². The van der Waals surface area contributed by atoms with Crippen molar-refractivity contribution < 1.29 is 19.1 Å². The summed E-state index contributed by atoms with van der Waals surface area (Å²) < 4.78 is 5.27. The number of nitrogens with one attached hydrogen (secondary N) is 1. The zero-order chi connectivity index (χ0) is 20.6. The van der Waals surface area contributed by atoms with Crippen LogP contribution in [0.3, 0.4) is 0 Å². The number of hydrogen-bond donors (Lipinski definition) is 1. The molecule has 0 radical (unpaired) electrons. The van der Waals surface area contributed by atoms with Crippen molar-refractivity contribution in [2.45, 2.75) is 66.0 Å². The summed E-state index contributed by atoms with van der Waals surface area (Å²) >= 11 is 0. The van der Waals surface area contributed by atoms with Gasteiger partial charge in [-0.1, -0.05) is 19.4 Å². The second-order valence-electron chi connectivity index (χ2n) is 7.25. The van der Waals surface area contributed by atoms with Crippen molar-refractivity contribution in [1.82, 2.24) is 10.3 Å². The van der Waals surface area contributed by atoms with Crippen LogP contribution in [-0.4, -0.2) is 34.4 Å². The van der Waals surface area contributed by atoms with Gasteiger partial charge < -0.3 is 10.1 Å². The first-order valence-electron chi connectivity index (χ1n) is 8.98. The van der Waals surface area contributed by atoms with E-state index in [0.717, 1.165) is 0 Å². The number of carbonyl (C=O) groups excluding carboxylic acids is 3. The minimum absolute atomic E-state index is 0.187. The van der Waals surface area contributed by atoms with Crippen molar-refractivity contribution in [3.05, 3.63) is 36.2 Å². The largest absolute Gasteiger partial charge is 0.444 e. The molecular weight excluding hydrogens is 346 g/mol. The maximum Gasteiger partial charge on any atom is 0.408 e. The lowest BCUT2D eigenvalue weighted by atomic mass is 10.1. The molecule has 7 nitrogen and oxygen atoms in total. The fraction of sp³-hybridized carbons (Fsp3) is 0.500. The molecular formula is C20H29N3O4. The summed E-state index contributed by atoms with van der Waals surface area (Å²) in [5, 5.41) is 2.64. The number of ketones is 1. The summed E-state index contributed by atoms with van der Waals surface area (Å²) in [4.78, 5) is 42.5. The molecule has 0 aliphatic heterocycles. The fourth-order valence-corrected chi connectivity index (χ4v) is 2.46. The van der Waals surface area contributed by atoms with E-state index in [1.54, 1.807) is 52.1 Å². The highest BCUT2D eigenvalue weighted by Gasteiger charge is 2.30. The van der Waals surface area contributed by atoms with Gasteiger partial charge in [0.15, 0.2) is 5.78 Å². The fourth-order valence-electron chi connectivity index (χ4n) is 2.46. The zero-order valence-corrected chi connectivity index (χ0v) is 16.9. The Balaban J connectivity index is 3.18.